The summed E-state index contributed by atoms with van der Waals surface area (Å²) in [7, 11) is 0. The van der Waals surface area contributed by atoms with Crippen LogP contribution in [0.25, 0.3) is 0 Å². The SMILES string of the molecule is CC(C(=O)NC1CC1c1ccccc1)C(N)c1ccccc1. The van der Waals surface area contributed by atoms with Gasteiger partial charge in [-0.05, 0) is 17.5 Å². The number of amides is 1. The van der Waals surface area contributed by atoms with Crippen LogP contribution in [0.4, 0.5) is 0 Å². The number of hydrogen-bond donors (Lipinski definition) is 2. The largest absolute Gasteiger partial charge is 0.352 e. The van der Waals surface area contributed by atoms with Gasteiger partial charge in [0.1, 0.15) is 0 Å². The van der Waals surface area contributed by atoms with Gasteiger partial charge in [-0.3, -0.25) is 4.79 Å². The fourth-order valence-corrected chi connectivity index (χ4v) is 2.86. The van der Waals surface area contributed by atoms with E-state index in [0.29, 0.717) is 5.92 Å². The average molecular weight is 294 g/mol. The highest BCUT2D eigenvalue weighted by molar-refractivity contribution is 5.80. The second kappa shape index (κ2) is 6.32. The van der Waals surface area contributed by atoms with E-state index in [4.69, 9.17) is 5.73 Å². The van der Waals surface area contributed by atoms with Crippen molar-refractivity contribution >= 4 is 5.91 Å². The molecule has 1 amide bonds. The summed E-state index contributed by atoms with van der Waals surface area (Å²) in [5.74, 6) is 0.254. The zero-order valence-corrected chi connectivity index (χ0v) is 12.8. The van der Waals surface area contributed by atoms with Crippen molar-refractivity contribution in [3.05, 3.63) is 71.8 Å². The average Bonchev–Trinajstić information content (AvgIpc) is 3.34. The molecule has 1 fully saturated rings. The van der Waals surface area contributed by atoms with Crippen molar-refractivity contribution in [1.29, 1.82) is 0 Å². The number of benzene rings is 2. The number of nitrogens with two attached hydrogens (primary N) is 1. The maximum Gasteiger partial charge on any atom is 0.224 e. The van der Waals surface area contributed by atoms with Gasteiger partial charge in [-0.1, -0.05) is 67.6 Å². The third kappa shape index (κ3) is 3.20. The maximum atomic E-state index is 12.4. The fraction of sp³-hybridized carbons (Fsp3) is 0.316. The lowest BCUT2D eigenvalue weighted by atomic mass is 9.94. The number of carbonyl (C=O) groups excluding carboxylic acids is 1. The number of hydrogen-bond acceptors (Lipinski definition) is 2. The monoisotopic (exact) mass is 294 g/mol. The number of rotatable bonds is 5. The van der Waals surface area contributed by atoms with Crippen molar-refractivity contribution in [2.24, 2.45) is 11.7 Å². The van der Waals surface area contributed by atoms with Crippen LogP contribution in [-0.4, -0.2) is 11.9 Å². The minimum absolute atomic E-state index is 0.0415. The molecular weight excluding hydrogens is 272 g/mol. The van der Waals surface area contributed by atoms with Gasteiger partial charge in [0.2, 0.25) is 5.91 Å². The summed E-state index contributed by atoms with van der Waals surface area (Å²) in [6.45, 7) is 1.90. The van der Waals surface area contributed by atoms with E-state index in [1.54, 1.807) is 0 Å². The Morgan fingerprint density at radius 2 is 1.68 bits per heavy atom. The Kier molecular flexibility index (Phi) is 4.25. The van der Waals surface area contributed by atoms with E-state index in [-0.39, 0.29) is 23.9 Å². The zero-order chi connectivity index (χ0) is 15.5. The van der Waals surface area contributed by atoms with E-state index in [0.717, 1.165) is 12.0 Å². The Morgan fingerprint density at radius 1 is 1.09 bits per heavy atom. The van der Waals surface area contributed by atoms with Gasteiger partial charge in [-0.2, -0.15) is 0 Å². The Hall–Kier alpha value is -2.13. The molecule has 3 nitrogen and oxygen atoms in total. The third-order valence-electron chi connectivity index (χ3n) is 4.48. The molecule has 0 heterocycles. The maximum absolute atomic E-state index is 12.4. The molecule has 2 aromatic carbocycles. The smallest absolute Gasteiger partial charge is 0.224 e. The van der Waals surface area contributed by atoms with E-state index in [1.807, 2.05) is 55.5 Å². The molecule has 2 aromatic rings. The summed E-state index contributed by atoms with van der Waals surface area (Å²) < 4.78 is 0. The molecular formula is C19H22N2O. The van der Waals surface area contributed by atoms with Gasteiger partial charge in [0.15, 0.2) is 0 Å². The molecule has 1 aliphatic rings. The second-order valence-corrected chi connectivity index (χ2v) is 6.09. The summed E-state index contributed by atoms with van der Waals surface area (Å²) >= 11 is 0. The molecule has 22 heavy (non-hydrogen) atoms. The van der Waals surface area contributed by atoms with E-state index >= 15 is 0 Å². The zero-order valence-electron chi connectivity index (χ0n) is 12.8. The first-order valence-corrected chi connectivity index (χ1v) is 7.82. The first-order chi connectivity index (χ1) is 10.7. The summed E-state index contributed by atoms with van der Waals surface area (Å²) in [5, 5.41) is 3.13. The Bertz CT molecular complexity index is 626. The van der Waals surface area contributed by atoms with Crippen LogP contribution in [0.15, 0.2) is 60.7 Å². The van der Waals surface area contributed by atoms with Gasteiger partial charge in [0, 0.05) is 18.0 Å². The highest BCUT2D eigenvalue weighted by Crippen LogP contribution is 2.40. The topological polar surface area (TPSA) is 55.1 Å². The quantitative estimate of drug-likeness (QED) is 0.890. The molecule has 4 atom stereocenters. The molecule has 0 aliphatic heterocycles. The molecule has 4 unspecified atom stereocenters. The normalized spacial score (nSPS) is 22.6. The highest BCUT2D eigenvalue weighted by atomic mass is 16.2. The van der Waals surface area contributed by atoms with Crippen LogP contribution in [0.1, 0.15) is 36.4 Å². The summed E-state index contributed by atoms with van der Waals surface area (Å²) in [5.41, 5.74) is 8.52. The first kappa shape index (κ1) is 14.8. The lowest BCUT2D eigenvalue weighted by Crippen LogP contribution is -2.37. The van der Waals surface area contributed by atoms with Gasteiger partial charge in [0.05, 0.1) is 5.92 Å². The summed E-state index contributed by atoms with van der Waals surface area (Å²) in [4.78, 5) is 12.4. The van der Waals surface area contributed by atoms with Crippen molar-refractivity contribution < 1.29 is 4.79 Å². The van der Waals surface area contributed by atoms with Gasteiger partial charge < -0.3 is 11.1 Å². The van der Waals surface area contributed by atoms with Gasteiger partial charge >= 0.3 is 0 Å². The third-order valence-corrected chi connectivity index (χ3v) is 4.48. The molecule has 1 saturated carbocycles. The van der Waals surface area contributed by atoms with E-state index in [2.05, 4.69) is 17.4 Å². The van der Waals surface area contributed by atoms with Gasteiger partial charge in [0.25, 0.3) is 0 Å². The summed E-state index contributed by atoms with van der Waals surface area (Å²) in [6, 6.07) is 20.1. The molecule has 1 aliphatic carbocycles. The molecule has 0 spiro atoms. The first-order valence-electron chi connectivity index (χ1n) is 7.82. The molecule has 0 radical (unpaired) electrons. The van der Waals surface area contributed by atoms with Crippen LogP contribution >= 0.6 is 0 Å². The Morgan fingerprint density at radius 3 is 2.32 bits per heavy atom. The molecule has 0 saturated heterocycles. The molecule has 0 bridgehead atoms. The number of carbonyl (C=O) groups is 1. The van der Waals surface area contributed by atoms with E-state index in [1.165, 1.54) is 5.56 Å². The molecule has 3 N–H and O–H groups in total. The fourth-order valence-electron chi connectivity index (χ4n) is 2.86. The van der Waals surface area contributed by atoms with E-state index < -0.39 is 0 Å². The Labute approximate surface area is 131 Å². The van der Waals surface area contributed by atoms with Crippen molar-refractivity contribution in [2.75, 3.05) is 0 Å². The van der Waals surface area contributed by atoms with Crippen molar-refractivity contribution in [3.8, 4) is 0 Å². The minimum atomic E-state index is -0.268. The predicted octanol–water partition coefficient (Wildman–Crippen LogP) is 2.99. The van der Waals surface area contributed by atoms with Crippen molar-refractivity contribution in [2.45, 2.75) is 31.3 Å². The molecule has 114 valence electrons. The standard InChI is InChI=1S/C19H22N2O/c1-13(18(20)15-10-6-3-7-11-15)19(22)21-17-12-16(17)14-8-4-2-5-9-14/h2-11,13,16-18H,12,20H2,1H3,(H,21,22). The molecule has 3 rings (SSSR count). The van der Waals surface area contributed by atoms with Crippen LogP contribution in [0, 0.1) is 5.92 Å². The summed E-state index contributed by atoms with van der Waals surface area (Å²) in [6.07, 6.45) is 1.02. The number of nitrogens with one attached hydrogen (secondary N) is 1. The van der Waals surface area contributed by atoms with Crippen molar-refractivity contribution in [1.82, 2.24) is 5.32 Å². The van der Waals surface area contributed by atoms with Gasteiger partial charge in [-0.25, -0.2) is 0 Å². The van der Waals surface area contributed by atoms with Crippen LogP contribution in [0.5, 0.6) is 0 Å². The minimum Gasteiger partial charge on any atom is -0.352 e. The Balaban J connectivity index is 1.57. The highest BCUT2D eigenvalue weighted by Gasteiger charge is 2.40. The molecule has 3 heteroatoms. The van der Waals surface area contributed by atoms with Crippen molar-refractivity contribution in [3.63, 3.8) is 0 Å². The van der Waals surface area contributed by atoms with Crippen LogP contribution in [-0.2, 0) is 4.79 Å². The lowest BCUT2D eigenvalue weighted by Gasteiger charge is -2.20. The second-order valence-electron chi connectivity index (χ2n) is 6.09. The van der Waals surface area contributed by atoms with Crippen LogP contribution < -0.4 is 11.1 Å². The molecule has 0 aromatic heterocycles. The van der Waals surface area contributed by atoms with E-state index in [9.17, 15) is 4.79 Å². The lowest BCUT2D eigenvalue weighted by molar-refractivity contribution is -0.125. The predicted molar refractivity (Wildman–Crippen MR) is 88.3 cm³/mol. The van der Waals surface area contributed by atoms with Crippen LogP contribution in [0.3, 0.4) is 0 Å². The van der Waals surface area contributed by atoms with Crippen LogP contribution in [0.2, 0.25) is 0 Å². The van der Waals surface area contributed by atoms with Gasteiger partial charge in [-0.15, -0.1) is 0 Å².